The summed E-state index contributed by atoms with van der Waals surface area (Å²) in [6.45, 7) is 5.28. The van der Waals surface area contributed by atoms with Crippen molar-refractivity contribution < 1.29 is 13.2 Å². The summed E-state index contributed by atoms with van der Waals surface area (Å²) < 4.78 is 24.0. The average molecular weight is 241 g/mol. The molecule has 0 aliphatic heterocycles. The zero-order chi connectivity index (χ0) is 11.8. The number of halogens is 1. The normalized spacial score (nSPS) is 11.0. The summed E-state index contributed by atoms with van der Waals surface area (Å²) in [4.78, 5) is 0. The second-order valence-electron chi connectivity index (χ2n) is 3.37. The highest BCUT2D eigenvalue weighted by Gasteiger charge is 2.14. The Morgan fingerprint density at radius 2 is 1.88 bits per heavy atom. The van der Waals surface area contributed by atoms with Crippen molar-refractivity contribution in [2.75, 3.05) is 13.2 Å². The van der Waals surface area contributed by atoms with E-state index >= 15 is 0 Å². The molecule has 0 saturated carbocycles. The Hall–Kier alpha value is -0.713. The molecule has 0 fully saturated rings. The van der Waals surface area contributed by atoms with Crippen molar-refractivity contribution in [3.05, 3.63) is 35.6 Å². The minimum Gasteiger partial charge on any atom is -0.394 e. The van der Waals surface area contributed by atoms with Gasteiger partial charge in [0, 0.05) is 13.2 Å². The van der Waals surface area contributed by atoms with Gasteiger partial charge in [0.1, 0.15) is 5.82 Å². The van der Waals surface area contributed by atoms with Gasteiger partial charge in [-0.25, -0.2) is 4.39 Å². The van der Waals surface area contributed by atoms with Gasteiger partial charge in [0.25, 0.3) is 0 Å². The fourth-order valence-corrected chi connectivity index (χ4v) is 2.96. The lowest BCUT2D eigenvalue weighted by molar-refractivity contribution is 0.213. The highest BCUT2D eigenvalue weighted by Crippen LogP contribution is 2.09. The molecular weight excluding hydrogens is 223 g/mol. The first kappa shape index (κ1) is 13.4. The lowest BCUT2D eigenvalue weighted by atomic mass is 10.2. The van der Waals surface area contributed by atoms with E-state index in [1.165, 1.54) is 6.07 Å². The van der Waals surface area contributed by atoms with Crippen molar-refractivity contribution in [3.8, 4) is 0 Å². The smallest absolute Gasteiger partial charge is 0.384 e. The fourth-order valence-electron chi connectivity index (χ4n) is 1.45. The zero-order valence-electron chi connectivity index (χ0n) is 9.83. The van der Waals surface area contributed by atoms with E-state index in [1.807, 2.05) is 19.9 Å². The summed E-state index contributed by atoms with van der Waals surface area (Å²) in [7, 11) is -1.18. The average Bonchev–Trinajstić information content (AvgIpc) is 2.27. The van der Waals surface area contributed by atoms with Crippen molar-refractivity contribution >= 4 is 9.28 Å². The predicted molar refractivity (Wildman–Crippen MR) is 63.9 cm³/mol. The highest BCUT2D eigenvalue weighted by atomic mass is 28.3. The van der Waals surface area contributed by atoms with Crippen LogP contribution in [0.1, 0.15) is 19.4 Å². The van der Waals surface area contributed by atoms with Crippen LogP contribution < -0.4 is 0 Å². The zero-order valence-corrected chi connectivity index (χ0v) is 10.8. The molecule has 0 bridgehead atoms. The van der Waals surface area contributed by atoms with E-state index in [0.717, 1.165) is 18.0 Å². The maximum Gasteiger partial charge on any atom is 0.384 e. The number of benzene rings is 1. The van der Waals surface area contributed by atoms with Gasteiger partial charge in [-0.3, -0.25) is 0 Å². The molecule has 0 saturated heterocycles. The Morgan fingerprint density at radius 3 is 2.44 bits per heavy atom. The molecule has 1 radical (unpaired) electrons. The minimum atomic E-state index is -1.18. The first-order chi connectivity index (χ1) is 7.76. The van der Waals surface area contributed by atoms with Crippen LogP contribution >= 0.6 is 0 Å². The minimum absolute atomic E-state index is 0.181. The van der Waals surface area contributed by atoms with Crippen molar-refractivity contribution in [2.24, 2.45) is 0 Å². The maximum atomic E-state index is 12.9. The second-order valence-corrected chi connectivity index (χ2v) is 5.19. The molecule has 1 aromatic rings. The fraction of sp³-hybridized carbons (Fsp3) is 0.500. The summed E-state index contributed by atoms with van der Waals surface area (Å²) in [6.07, 6.45) is 0.812. The third kappa shape index (κ3) is 4.87. The van der Waals surface area contributed by atoms with E-state index in [-0.39, 0.29) is 5.82 Å². The van der Waals surface area contributed by atoms with Gasteiger partial charge in [0.05, 0.1) is 0 Å². The van der Waals surface area contributed by atoms with Gasteiger partial charge in [-0.05, 0) is 44.0 Å². The van der Waals surface area contributed by atoms with Crippen molar-refractivity contribution in [1.82, 2.24) is 0 Å². The van der Waals surface area contributed by atoms with Crippen molar-refractivity contribution in [2.45, 2.75) is 26.3 Å². The molecule has 1 rings (SSSR count). The molecule has 0 heterocycles. The monoisotopic (exact) mass is 241 g/mol. The van der Waals surface area contributed by atoms with Crippen LogP contribution in [0, 0.1) is 5.82 Å². The van der Waals surface area contributed by atoms with Crippen LogP contribution in [0.15, 0.2) is 24.3 Å². The summed E-state index contributed by atoms with van der Waals surface area (Å²) in [5.74, 6) is -0.181. The number of hydrogen-bond acceptors (Lipinski definition) is 2. The molecule has 0 aliphatic rings. The largest absolute Gasteiger partial charge is 0.394 e. The van der Waals surface area contributed by atoms with E-state index in [4.69, 9.17) is 8.85 Å². The van der Waals surface area contributed by atoms with Gasteiger partial charge in [-0.15, -0.1) is 0 Å². The molecule has 0 unspecified atom stereocenters. The third-order valence-electron chi connectivity index (χ3n) is 2.12. The third-order valence-corrected chi connectivity index (χ3v) is 4.00. The summed E-state index contributed by atoms with van der Waals surface area (Å²) in [5, 5.41) is 0. The number of rotatable bonds is 7. The summed E-state index contributed by atoms with van der Waals surface area (Å²) in [6, 6.07) is 7.55. The molecule has 2 nitrogen and oxygen atoms in total. The first-order valence-corrected chi connectivity index (χ1v) is 7.14. The highest BCUT2D eigenvalue weighted by molar-refractivity contribution is 6.44. The van der Waals surface area contributed by atoms with Gasteiger partial charge < -0.3 is 8.85 Å². The standard InChI is InChI=1S/C12H18FO2Si/c1-3-14-16(15-4-2)9-8-11-6-5-7-12(13)10-11/h5-7,10H,3-4,8-9H2,1-2H3. The van der Waals surface area contributed by atoms with E-state index in [9.17, 15) is 4.39 Å². The van der Waals surface area contributed by atoms with Crippen LogP contribution in [-0.4, -0.2) is 22.5 Å². The Balaban J connectivity index is 2.41. The molecule has 0 amide bonds. The van der Waals surface area contributed by atoms with E-state index < -0.39 is 9.28 Å². The summed E-state index contributed by atoms with van der Waals surface area (Å²) >= 11 is 0. The Bertz CT molecular complexity index is 301. The SMILES string of the molecule is CCO[Si](CCc1cccc(F)c1)OCC. The van der Waals surface area contributed by atoms with Gasteiger partial charge in [-0.1, -0.05) is 12.1 Å². The van der Waals surface area contributed by atoms with E-state index in [0.29, 0.717) is 13.2 Å². The molecule has 1 aromatic carbocycles. The quantitative estimate of drug-likeness (QED) is 0.683. The molecule has 0 atom stereocenters. The maximum absolute atomic E-state index is 12.9. The Labute approximate surface area is 98.2 Å². The molecule has 4 heteroatoms. The van der Waals surface area contributed by atoms with Crippen LogP contribution in [0.25, 0.3) is 0 Å². The van der Waals surface area contributed by atoms with Gasteiger partial charge in [-0.2, -0.15) is 0 Å². The van der Waals surface area contributed by atoms with E-state index in [2.05, 4.69) is 0 Å². The van der Waals surface area contributed by atoms with E-state index in [1.54, 1.807) is 12.1 Å². The number of aryl methyl sites for hydroxylation is 1. The Kier molecular flexibility index (Phi) is 6.29. The molecule has 0 aliphatic carbocycles. The predicted octanol–water partition coefficient (Wildman–Crippen LogP) is 2.93. The molecule has 89 valence electrons. The second kappa shape index (κ2) is 7.54. The summed E-state index contributed by atoms with van der Waals surface area (Å²) in [5.41, 5.74) is 1.00. The Morgan fingerprint density at radius 1 is 1.19 bits per heavy atom. The van der Waals surface area contributed by atoms with Gasteiger partial charge >= 0.3 is 9.28 Å². The lowest BCUT2D eigenvalue weighted by Crippen LogP contribution is -2.23. The van der Waals surface area contributed by atoms with Crippen LogP contribution in [-0.2, 0) is 15.3 Å². The van der Waals surface area contributed by atoms with Crippen LogP contribution in [0.4, 0.5) is 4.39 Å². The molecule has 0 spiro atoms. The molecule has 0 N–H and O–H groups in total. The molecule has 16 heavy (non-hydrogen) atoms. The van der Waals surface area contributed by atoms with Crippen LogP contribution in [0.2, 0.25) is 6.04 Å². The number of hydrogen-bond donors (Lipinski definition) is 0. The van der Waals surface area contributed by atoms with Gasteiger partial charge in [0.2, 0.25) is 0 Å². The van der Waals surface area contributed by atoms with Gasteiger partial charge in [0.15, 0.2) is 0 Å². The topological polar surface area (TPSA) is 18.5 Å². The van der Waals surface area contributed by atoms with Crippen LogP contribution in [0.5, 0.6) is 0 Å². The van der Waals surface area contributed by atoms with Crippen molar-refractivity contribution in [1.29, 1.82) is 0 Å². The van der Waals surface area contributed by atoms with Crippen molar-refractivity contribution in [3.63, 3.8) is 0 Å². The first-order valence-electron chi connectivity index (χ1n) is 5.62. The molecular formula is C12H18FO2Si. The molecule has 0 aromatic heterocycles. The van der Waals surface area contributed by atoms with Crippen LogP contribution in [0.3, 0.4) is 0 Å². The lowest BCUT2D eigenvalue weighted by Gasteiger charge is -2.12.